The number of rotatable bonds is 4. The second kappa shape index (κ2) is 6.01. The van der Waals surface area contributed by atoms with E-state index in [-0.39, 0.29) is 23.5 Å². The van der Waals surface area contributed by atoms with Gasteiger partial charge in [0.15, 0.2) is 17.3 Å². The van der Waals surface area contributed by atoms with Crippen molar-refractivity contribution in [3.05, 3.63) is 64.2 Å². The third-order valence-electron chi connectivity index (χ3n) is 2.83. The second-order valence-electron chi connectivity index (χ2n) is 4.19. The Hall–Kier alpha value is -1.94. The Morgan fingerprint density at radius 2 is 1.95 bits per heavy atom. The quantitative estimate of drug-likeness (QED) is 0.796. The normalized spacial score (nSPS) is 10.4. The molecule has 0 radical (unpaired) electrons. The van der Waals surface area contributed by atoms with E-state index in [9.17, 15) is 13.6 Å². The van der Waals surface area contributed by atoms with Gasteiger partial charge < -0.3 is 4.74 Å². The van der Waals surface area contributed by atoms with Gasteiger partial charge in [0.05, 0.1) is 7.11 Å². The molecule has 0 atom stereocenters. The maximum atomic E-state index is 13.5. The van der Waals surface area contributed by atoms with Gasteiger partial charge in [-0.2, -0.15) is 0 Å². The first-order valence-corrected chi connectivity index (χ1v) is 6.19. The van der Waals surface area contributed by atoms with Crippen molar-refractivity contribution >= 4 is 17.4 Å². The number of halogens is 3. The van der Waals surface area contributed by atoms with E-state index < -0.39 is 11.6 Å². The van der Waals surface area contributed by atoms with Gasteiger partial charge in [-0.1, -0.05) is 11.6 Å². The van der Waals surface area contributed by atoms with Crippen molar-refractivity contribution < 1.29 is 18.3 Å². The number of Topliss-reactive ketones (excluding diaryl/α,β-unsaturated/α-hetero) is 1. The summed E-state index contributed by atoms with van der Waals surface area (Å²) in [5, 5.41) is 0.300. The molecule has 0 saturated heterocycles. The zero-order valence-electron chi connectivity index (χ0n) is 10.6. The summed E-state index contributed by atoms with van der Waals surface area (Å²) in [6.45, 7) is 0. The van der Waals surface area contributed by atoms with Crippen LogP contribution in [0.2, 0.25) is 5.02 Å². The zero-order chi connectivity index (χ0) is 14.7. The molecule has 0 heterocycles. The summed E-state index contributed by atoms with van der Waals surface area (Å²) in [6.07, 6.45) is -0.0949. The second-order valence-corrected chi connectivity index (χ2v) is 4.59. The molecule has 0 aliphatic carbocycles. The molecular formula is C15H11ClF2O2. The summed E-state index contributed by atoms with van der Waals surface area (Å²) in [6, 6.07) is 7.71. The fraction of sp³-hybridized carbons (Fsp3) is 0.133. The van der Waals surface area contributed by atoms with Crippen LogP contribution in [0.1, 0.15) is 15.9 Å². The summed E-state index contributed by atoms with van der Waals surface area (Å²) in [5.41, 5.74) is 0.552. The smallest absolute Gasteiger partial charge is 0.167 e. The van der Waals surface area contributed by atoms with Crippen molar-refractivity contribution in [3.8, 4) is 5.75 Å². The van der Waals surface area contributed by atoms with Crippen molar-refractivity contribution in [3.63, 3.8) is 0 Å². The number of hydrogen-bond acceptors (Lipinski definition) is 2. The van der Waals surface area contributed by atoms with Gasteiger partial charge >= 0.3 is 0 Å². The van der Waals surface area contributed by atoms with Crippen LogP contribution in [0.4, 0.5) is 8.78 Å². The number of ketones is 1. The van der Waals surface area contributed by atoms with Crippen LogP contribution < -0.4 is 4.74 Å². The van der Waals surface area contributed by atoms with Crippen molar-refractivity contribution in [2.75, 3.05) is 7.11 Å². The molecule has 0 fully saturated rings. The first kappa shape index (κ1) is 14.5. The van der Waals surface area contributed by atoms with Crippen LogP contribution in [0, 0.1) is 11.6 Å². The lowest BCUT2D eigenvalue weighted by Gasteiger charge is -2.06. The van der Waals surface area contributed by atoms with E-state index in [0.29, 0.717) is 10.6 Å². The van der Waals surface area contributed by atoms with Gasteiger partial charge in [-0.3, -0.25) is 4.79 Å². The third kappa shape index (κ3) is 3.14. The van der Waals surface area contributed by atoms with Gasteiger partial charge in [0, 0.05) is 17.0 Å². The summed E-state index contributed by atoms with van der Waals surface area (Å²) in [4.78, 5) is 12.0. The molecule has 5 heteroatoms. The van der Waals surface area contributed by atoms with Crippen LogP contribution >= 0.6 is 11.6 Å². The van der Waals surface area contributed by atoms with E-state index in [0.717, 1.165) is 6.07 Å². The highest BCUT2D eigenvalue weighted by atomic mass is 35.5. The Balaban J connectivity index is 2.24. The standard InChI is InChI=1S/C15H11ClF2O2/c1-20-15-5-2-9(7-13(15)18)14(19)8-10-6-11(17)3-4-12(10)16/h2-7H,8H2,1H3. The molecule has 2 aromatic rings. The molecule has 0 spiro atoms. The zero-order valence-corrected chi connectivity index (χ0v) is 11.4. The van der Waals surface area contributed by atoms with E-state index in [4.69, 9.17) is 16.3 Å². The van der Waals surface area contributed by atoms with E-state index >= 15 is 0 Å². The molecule has 0 aromatic heterocycles. The summed E-state index contributed by atoms with van der Waals surface area (Å²) in [7, 11) is 1.34. The predicted molar refractivity (Wildman–Crippen MR) is 72.4 cm³/mol. The molecule has 104 valence electrons. The van der Waals surface area contributed by atoms with Crippen LogP contribution in [-0.2, 0) is 6.42 Å². The maximum absolute atomic E-state index is 13.5. The topological polar surface area (TPSA) is 26.3 Å². The van der Waals surface area contributed by atoms with E-state index in [1.165, 1.54) is 37.4 Å². The lowest BCUT2D eigenvalue weighted by molar-refractivity contribution is 0.0992. The minimum atomic E-state index is -0.622. The number of ether oxygens (including phenoxy) is 1. The SMILES string of the molecule is COc1ccc(C(=O)Cc2cc(F)ccc2Cl)cc1F. The first-order valence-electron chi connectivity index (χ1n) is 5.82. The first-order chi connectivity index (χ1) is 9.51. The molecule has 0 N–H and O–H groups in total. The van der Waals surface area contributed by atoms with E-state index in [1.54, 1.807) is 0 Å². The molecule has 0 unspecified atom stereocenters. The Kier molecular flexibility index (Phi) is 4.35. The van der Waals surface area contributed by atoms with Crippen LogP contribution in [0.25, 0.3) is 0 Å². The largest absolute Gasteiger partial charge is 0.494 e. The number of carbonyl (C=O) groups excluding carboxylic acids is 1. The molecule has 2 nitrogen and oxygen atoms in total. The van der Waals surface area contributed by atoms with E-state index in [2.05, 4.69) is 0 Å². The van der Waals surface area contributed by atoms with E-state index in [1.807, 2.05) is 0 Å². The summed E-state index contributed by atoms with van der Waals surface area (Å²) >= 11 is 5.89. The number of benzene rings is 2. The van der Waals surface area contributed by atoms with Gasteiger partial charge in [0.25, 0.3) is 0 Å². The molecule has 2 rings (SSSR count). The summed E-state index contributed by atoms with van der Waals surface area (Å²) in [5.74, 6) is -1.38. The Morgan fingerprint density at radius 1 is 1.20 bits per heavy atom. The molecule has 0 bridgehead atoms. The molecular weight excluding hydrogens is 286 g/mol. The fourth-order valence-electron chi connectivity index (χ4n) is 1.79. The maximum Gasteiger partial charge on any atom is 0.167 e. The highest BCUT2D eigenvalue weighted by Gasteiger charge is 2.13. The van der Waals surface area contributed by atoms with Crippen LogP contribution in [0.15, 0.2) is 36.4 Å². The van der Waals surface area contributed by atoms with Gasteiger partial charge in [-0.25, -0.2) is 8.78 Å². The van der Waals surface area contributed by atoms with Gasteiger partial charge in [-0.05, 0) is 42.0 Å². The highest BCUT2D eigenvalue weighted by Crippen LogP contribution is 2.22. The molecule has 0 aliphatic heterocycles. The van der Waals surface area contributed by atoms with Crippen LogP contribution in [0.5, 0.6) is 5.75 Å². The average molecular weight is 297 g/mol. The molecule has 0 saturated carbocycles. The van der Waals surface area contributed by atoms with Crippen molar-refractivity contribution in [2.45, 2.75) is 6.42 Å². The number of carbonyl (C=O) groups is 1. The monoisotopic (exact) mass is 296 g/mol. The predicted octanol–water partition coefficient (Wildman–Crippen LogP) is 4.05. The van der Waals surface area contributed by atoms with Crippen molar-refractivity contribution in [1.29, 1.82) is 0 Å². The molecule has 0 amide bonds. The van der Waals surface area contributed by atoms with Crippen LogP contribution in [0.3, 0.4) is 0 Å². The summed E-state index contributed by atoms with van der Waals surface area (Å²) < 4.78 is 31.4. The molecule has 0 aliphatic rings. The average Bonchev–Trinajstić information content (AvgIpc) is 2.42. The van der Waals surface area contributed by atoms with Gasteiger partial charge in [0.1, 0.15) is 5.82 Å². The molecule has 2 aromatic carbocycles. The highest BCUT2D eigenvalue weighted by molar-refractivity contribution is 6.31. The minimum absolute atomic E-state index is 0.0605. The Bertz CT molecular complexity index is 656. The molecule has 20 heavy (non-hydrogen) atoms. The number of methoxy groups -OCH3 is 1. The number of hydrogen-bond donors (Lipinski definition) is 0. The minimum Gasteiger partial charge on any atom is -0.494 e. The fourth-order valence-corrected chi connectivity index (χ4v) is 1.98. The van der Waals surface area contributed by atoms with Crippen molar-refractivity contribution in [1.82, 2.24) is 0 Å². The van der Waals surface area contributed by atoms with Gasteiger partial charge in [-0.15, -0.1) is 0 Å². The third-order valence-corrected chi connectivity index (χ3v) is 3.20. The van der Waals surface area contributed by atoms with Crippen molar-refractivity contribution in [2.24, 2.45) is 0 Å². The lowest BCUT2D eigenvalue weighted by atomic mass is 10.0. The van der Waals surface area contributed by atoms with Crippen LogP contribution in [-0.4, -0.2) is 12.9 Å². The van der Waals surface area contributed by atoms with Gasteiger partial charge in [0.2, 0.25) is 0 Å². The Labute approximate surface area is 119 Å². The Morgan fingerprint density at radius 3 is 2.60 bits per heavy atom. The lowest BCUT2D eigenvalue weighted by Crippen LogP contribution is -2.05.